The molecule has 1 aromatic heterocycles. The fourth-order valence-electron chi connectivity index (χ4n) is 4.15. The first-order valence-corrected chi connectivity index (χ1v) is 10.4. The lowest BCUT2D eigenvalue weighted by molar-refractivity contribution is -0.137. The zero-order valence-corrected chi connectivity index (χ0v) is 18.1. The number of nitrogens with one attached hydrogen (secondary N) is 1. The highest BCUT2D eigenvalue weighted by molar-refractivity contribution is 6.01. The zero-order valence-electron chi connectivity index (χ0n) is 18.1. The normalized spacial score (nSPS) is 15.0. The Morgan fingerprint density at radius 1 is 1.18 bits per heavy atom. The number of Topliss-reactive ketones (excluding diaryl/α,β-unsaturated/α-hetero) is 1. The fraction of sp³-hybridized carbons (Fsp3) is 0.200. The summed E-state index contributed by atoms with van der Waals surface area (Å²) in [6.45, 7) is 0. The number of hydrogen-bond donors (Lipinski definition) is 2. The third-order valence-corrected chi connectivity index (χ3v) is 5.67. The third-order valence-electron chi connectivity index (χ3n) is 5.67. The molecule has 0 radical (unpaired) electrons. The van der Waals surface area contributed by atoms with Crippen LogP contribution in [-0.4, -0.2) is 23.1 Å². The molecule has 0 aliphatic heterocycles. The topological polar surface area (TPSA) is 89.5 Å². The minimum Gasteiger partial charge on any atom is -0.472 e. The van der Waals surface area contributed by atoms with Gasteiger partial charge in [-0.25, -0.2) is 0 Å². The molecule has 0 fully saturated rings. The molecule has 0 bridgehead atoms. The van der Waals surface area contributed by atoms with E-state index in [1.807, 2.05) is 0 Å². The number of benzene rings is 2. The average Bonchev–Trinajstić information content (AvgIpc) is 3.45. The van der Waals surface area contributed by atoms with E-state index in [1.54, 1.807) is 24.3 Å². The Morgan fingerprint density at radius 3 is 2.62 bits per heavy atom. The first-order valence-electron chi connectivity index (χ1n) is 10.4. The highest BCUT2D eigenvalue weighted by Crippen LogP contribution is 2.41. The van der Waals surface area contributed by atoms with E-state index in [0.29, 0.717) is 28.0 Å². The third kappa shape index (κ3) is 4.59. The molecule has 9 heteroatoms. The minimum absolute atomic E-state index is 0.151. The lowest BCUT2D eigenvalue weighted by atomic mass is 9.89. The molecule has 1 atom stereocenters. The summed E-state index contributed by atoms with van der Waals surface area (Å²) in [6, 6.07) is 12.4. The van der Waals surface area contributed by atoms with Crippen LogP contribution < -0.4 is 5.32 Å². The molecule has 2 aromatic carbocycles. The standard InChI is InChI=1S/C25H20F3N3O3/c1-31(33)24(19-6-5-15(13-29)11-20(19)16-9-10-34-14-16)23-21(7-8-22(23)32)30-18-4-2-3-17(12-18)25(26,27)28/h2-6,9-12,14,24,30,33H,7-8H2,1H3. The second-order valence-electron chi connectivity index (χ2n) is 7.92. The number of alkyl halides is 3. The molecule has 0 saturated carbocycles. The molecule has 1 aliphatic rings. The van der Waals surface area contributed by atoms with Gasteiger partial charge in [0.1, 0.15) is 0 Å². The molecule has 6 nitrogen and oxygen atoms in total. The van der Waals surface area contributed by atoms with Crippen molar-refractivity contribution in [3.8, 4) is 17.2 Å². The maximum absolute atomic E-state index is 13.2. The number of furan rings is 1. The Kier molecular flexibility index (Phi) is 6.28. The van der Waals surface area contributed by atoms with E-state index in [0.717, 1.165) is 17.2 Å². The maximum Gasteiger partial charge on any atom is 0.416 e. The molecular weight excluding hydrogens is 447 g/mol. The van der Waals surface area contributed by atoms with Crippen molar-refractivity contribution in [2.75, 3.05) is 12.4 Å². The van der Waals surface area contributed by atoms with Gasteiger partial charge < -0.3 is 14.9 Å². The molecule has 34 heavy (non-hydrogen) atoms. The van der Waals surface area contributed by atoms with Gasteiger partial charge in [0, 0.05) is 36.0 Å². The Balaban J connectivity index is 1.82. The number of hydrogen-bond acceptors (Lipinski definition) is 6. The van der Waals surface area contributed by atoms with Crippen molar-refractivity contribution in [3.05, 3.63) is 89.0 Å². The molecule has 0 amide bonds. The van der Waals surface area contributed by atoms with Crippen LogP contribution >= 0.6 is 0 Å². The number of carbonyl (C=O) groups excluding carboxylic acids is 1. The number of rotatable bonds is 6. The highest BCUT2D eigenvalue weighted by atomic mass is 19.4. The van der Waals surface area contributed by atoms with Gasteiger partial charge in [-0.15, -0.1) is 0 Å². The SMILES string of the molecule is CN(O)C(C1=C(Nc2cccc(C(F)(F)F)c2)CCC1=O)c1ccc(C#N)cc1-c1ccoc1. The second kappa shape index (κ2) is 9.17. The number of carbonyl (C=O) groups is 1. The lowest BCUT2D eigenvalue weighted by Gasteiger charge is -2.27. The summed E-state index contributed by atoms with van der Waals surface area (Å²) in [7, 11) is 1.39. The van der Waals surface area contributed by atoms with E-state index in [4.69, 9.17) is 4.42 Å². The van der Waals surface area contributed by atoms with Crippen LogP contribution in [0.1, 0.15) is 35.6 Å². The predicted molar refractivity (Wildman–Crippen MR) is 117 cm³/mol. The van der Waals surface area contributed by atoms with Crippen LogP contribution in [0.5, 0.6) is 0 Å². The van der Waals surface area contributed by atoms with Crippen LogP contribution in [0.15, 0.2) is 76.7 Å². The van der Waals surface area contributed by atoms with Gasteiger partial charge in [0.05, 0.1) is 35.8 Å². The van der Waals surface area contributed by atoms with Crippen LogP contribution in [0.4, 0.5) is 18.9 Å². The first kappa shape index (κ1) is 23.3. The van der Waals surface area contributed by atoms with E-state index >= 15 is 0 Å². The van der Waals surface area contributed by atoms with Gasteiger partial charge in [-0.1, -0.05) is 12.1 Å². The molecule has 3 aromatic rings. The van der Waals surface area contributed by atoms with Gasteiger partial charge in [0.25, 0.3) is 0 Å². The van der Waals surface area contributed by atoms with Gasteiger partial charge in [-0.2, -0.15) is 23.5 Å². The van der Waals surface area contributed by atoms with Gasteiger partial charge in [0.2, 0.25) is 0 Å². The van der Waals surface area contributed by atoms with E-state index in [1.165, 1.54) is 31.7 Å². The average molecular weight is 467 g/mol. The second-order valence-corrected chi connectivity index (χ2v) is 7.92. The van der Waals surface area contributed by atoms with Gasteiger partial charge in [0.15, 0.2) is 5.78 Å². The van der Waals surface area contributed by atoms with E-state index < -0.39 is 17.8 Å². The maximum atomic E-state index is 13.2. The van der Waals surface area contributed by atoms with Crippen LogP contribution in [0.3, 0.4) is 0 Å². The number of ketones is 1. The van der Waals surface area contributed by atoms with Gasteiger partial charge in [-0.05, 0) is 53.9 Å². The van der Waals surface area contributed by atoms with Crippen molar-refractivity contribution in [1.82, 2.24) is 5.06 Å². The smallest absolute Gasteiger partial charge is 0.416 e. The summed E-state index contributed by atoms with van der Waals surface area (Å²) in [5.41, 5.74) is 2.21. The molecule has 0 spiro atoms. The minimum atomic E-state index is -4.50. The van der Waals surface area contributed by atoms with Crippen molar-refractivity contribution in [1.29, 1.82) is 5.26 Å². The molecule has 1 heterocycles. The summed E-state index contributed by atoms with van der Waals surface area (Å²) in [6.07, 6.45) is -1.11. The number of halogens is 3. The monoisotopic (exact) mass is 467 g/mol. The van der Waals surface area contributed by atoms with Gasteiger partial charge in [-0.3, -0.25) is 4.79 Å². The van der Waals surface area contributed by atoms with Crippen molar-refractivity contribution in [3.63, 3.8) is 0 Å². The number of nitriles is 1. The molecular formula is C25H20F3N3O3. The Morgan fingerprint density at radius 2 is 1.97 bits per heavy atom. The Hall–Kier alpha value is -3.87. The number of likely N-dealkylation sites (N-methyl/N-ethyl adjacent to an activating group) is 1. The Labute approximate surface area is 193 Å². The van der Waals surface area contributed by atoms with Crippen LogP contribution in [0.25, 0.3) is 11.1 Å². The quantitative estimate of drug-likeness (QED) is 0.437. The molecule has 1 unspecified atom stereocenters. The van der Waals surface area contributed by atoms with Crippen molar-refractivity contribution in [2.45, 2.75) is 25.1 Å². The van der Waals surface area contributed by atoms with E-state index in [2.05, 4.69) is 11.4 Å². The fourth-order valence-corrected chi connectivity index (χ4v) is 4.15. The van der Waals surface area contributed by atoms with Crippen molar-refractivity contribution < 1.29 is 27.6 Å². The molecule has 0 saturated heterocycles. The Bertz CT molecular complexity index is 1290. The van der Waals surface area contributed by atoms with E-state index in [-0.39, 0.29) is 29.9 Å². The number of hydroxylamine groups is 2. The van der Waals surface area contributed by atoms with Crippen LogP contribution in [-0.2, 0) is 11.0 Å². The number of nitrogens with zero attached hydrogens (tertiary/aromatic N) is 2. The van der Waals surface area contributed by atoms with Gasteiger partial charge >= 0.3 is 6.18 Å². The van der Waals surface area contributed by atoms with Crippen molar-refractivity contribution in [2.24, 2.45) is 0 Å². The van der Waals surface area contributed by atoms with Crippen molar-refractivity contribution >= 4 is 11.5 Å². The summed E-state index contributed by atoms with van der Waals surface area (Å²) in [5.74, 6) is -0.233. The van der Waals surface area contributed by atoms with Crippen LogP contribution in [0.2, 0.25) is 0 Å². The molecule has 2 N–H and O–H groups in total. The zero-order chi connectivity index (χ0) is 24.5. The number of anilines is 1. The summed E-state index contributed by atoms with van der Waals surface area (Å²) in [4.78, 5) is 13.0. The molecule has 4 rings (SSSR count). The summed E-state index contributed by atoms with van der Waals surface area (Å²) >= 11 is 0. The number of allylic oxidation sites excluding steroid dienone is 1. The summed E-state index contributed by atoms with van der Waals surface area (Å²) < 4.78 is 44.6. The predicted octanol–water partition coefficient (Wildman–Crippen LogP) is 5.93. The lowest BCUT2D eigenvalue weighted by Crippen LogP contribution is -2.26. The largest absolute Gasteiger partial charge is 0.472 e. The van der Waals surface area contributed by atoms with E-state index in [9.17, 15) is 28.4 Å². The first-order chi connectivity index (χ1) is 16.2. The van der Waals surface area contributed by atoms with Crippen LogP contribution in [0, 0.1) is 11.3 Å². The summed E-state index contributed by atoms with van der Waals surface area (Å²) in [5, 5.41) is 23.8. The highest BCUT2D eigenvalue weighted by Gasteiger charge is 2.35. The molecule has 174 valence electrons. The molecule has 1 aliphatic carbocycles.